The molecule has 2 fully saturated rings. The smallest absolute Gasteiger partial charge is 0.318 e. The quantitative estimate of drug-likeness (QED) is 0.629. The molecule has 9 nitrogen and oxygen atoms in total. The first kappa shape index (κ1) is 24.4. The minimum absolute atomic E-state index is 0.398. The Balaban J connectivity index is 1.38. The number of nitrogens with zero attached hydrogens (tertiary/aromatic N) is 5. The molecular weight excluding hydrogens is 468 g/mol. The van der Waals surface area contributed by atoms with E-state index in [1.165, 1.54) is 0 Å². The van der Waals surface area contributed by atoms with E-state index in [4.69, 9.17) is 29.9 Å². The van der Waals surface area contributed by atoms with E-state index in [0.717, 1.165) is 93.1 Å². The molecule has 4 heterocycles. The molecular formula is C28H36N6O3. The molecule has 0 radical (unpaired) electrons. The van der Waals surface area contributed by atoms with Crippen molar-refractivity contribution in [1.82, 2.24) is 14.9 Å². The molecule has 9 heteroatoms. The second kappa shape index (κ2) is 10.1. The Morgan fingerprint density at radius 3 is 2.97 bits per heavy atom. The van der Waals surface area contributed by atoms with Crippen LogP contribution in [-0.2, 0) is 34.5 Å². The molecule has 0 amide bonds. The zero-order valence-corrected chi connectivity index (χ0v) is 21.7. The fourth-order valence-electron chi connectivity index (χ4n) is 6.48. The number of rotatable bonds is 4. The van der Waals surface area contributed by atoms with Crippen LogP contribution in [0.2, 0.25) is 0 Å². The van der Waals surface area contributed by atoms with Crippen LogP contribution in [0.3, 0.4) is 0 Å². The van der Waals surface area contributed by atoms with Crippen LogP contribution in [0.1, 0.15) is 53.6 Å². The molecule has 6 rings (SSSR count). The number of benzene rings is 1. The van der Waals surface area contributed by atoms with Crippen LogP contribution in [0, 0.1) is 17.2 Å². The molecule has 1 spiro atoms. The van der Waals surface area contributed by atoms with Gasteiger partial charge in [0, 0.05) is 55.4 Å². The van der Waals surface area contributed by atoms with Gasteiger partial charge in [-0.3, -0.25) is 0 Å². The van der Waals surface area contributed by atoms with E-state index in [2.05, 4.69) is 29.0 Å². The zero-order valence-electron chi connectivity index (χ0n) is 21.7. The third-order valence-electron chi connectivity index (χ3n) is 8.37. The molecule has 1 aromatic heterocycles. The summed E-state index contributed by atoms with van der Waals surface area (Å²) < 4.78 is 18.7. The molecule has 2 N–H and O–H groups in total. The van der Waals surface area contributed by atoms with Crippen LogP contribution < -0.4 is 15.4 Å². The number of anilines is 2. The lowest BCUT2D eigenvalue weighted by Crippen LogP contribution is -2.41. The summed E-state index contributed by atoms with van der Waals surface area (Å²) in [4.78, 5) is 14.5. The normalized spacial score (nSPS) is 25.8. The number of fused-ring (bicyclic) bond motifs is 3. The summed E-state index contributed by atoms with van der Waals surface area (Å²) in [5.41, 5.74) is 10.8. The standard InChI is InChI=1S/C28H36N6O3/c1-33-10-7-19(16-33)17-36-27-31-24-14-28(8-2-4-20-5-6-23(30)21(15-29)25(20)28)37-18-22(24)26(32-27)34-9-3-12-35-13-11-34/h5-6,19H,2-4,7-14,16-18,30H2,1H3/t19-,28?/m1/s1. The Hall–Kier alpha value is -2.93. The Labute approximate surface area is 218 Å². The fraction of sp³-hybridized carbons (Fsp3) is 0.607. The molecule has 196 valence electrons. The summed E-state index contributed by atoms with van der Waals surface area (Å²) in [6.07, 6.45) is 5.41. The number of nitrogens with two attached hydrogens (primary N) is 1. The van der Waals surface area contributed by atoms with Crippen molar-refractivity contribution in [2.75, 3.05) is 63.7 Å². The SMILES string of the molecule is CN1CC[C@@H](COc2nc3c(c(N4CCCOCC4)n2)COC2(CCCc4ccc(N)c(C#N)c42)C3)C1. The van der Waals surface area contributed by atoms with Crippen LogP contribution in [0.25, 0.3) is 0 Å². The number of ether oxygens (including phenoxy) is 3. The van der Waals surface area contributed by atoms with Gasteiger partial charge in [0.05, 0.1) is 31.1 Å². The van der Waals surface area contributed by atoms with Crippen molar-refractivity contribution in [2.24, 2.45) is 5.92 Å². The van der Waals surface area contributed by atoms with E-state index in [-0.39, 0.29) is 0 Å². The van der Waals surface area contributed by atoms with Crippen LogP contribution in [-0.4, -0.2) is 67.9 Å². The van der Waals surface area contributed by atoms with Crippen LogP contribution >= 0.6 is 0 Å². The largest absolute Gasteiger partial charge is 0.463 e. The maximum atomic E-state index is 10.0. The molecule has 2 atom stereocenters. The summed E-state index contributed by atoms with van der Waals surface area (Å²) in [7, 11) is 2.15. The van der Waals surface area contributed by atoms with Gasteiger partial charge in [-0.15, -0.1) is 0 Å². The van der Waals surface area contributed by atoms with Gasteiger partial charge in [-0.05, 0) is 57.3 Å². The lowest BCUT2D eigenvalue weighted by Gasteiger charge is -2.43. The first-order valence-electron chi connectivity index (χ1n) is 13.6. The van der Waals surface area contributed by atoms with Gasteiger partial charge in [0.2, 0.25) is 0 Å². The predicted octanol–water partition coefficient (Wildman–Crippen LogP) is 2.79. The van der Waals surface area contributed by atoms with E-state index in [0.29, 0.717) is 49.4 Å². The van der Waals surface area contributed by atoms with E-state index >= 15 is 0 Å². The van der Waals surface area contributed by atoms with E-state index in [9.17, 15) is 5.26 Å². The monoisotopic (exact) mass is 504 g/mol. The average Bonchev–Trinajstić information content (AvgIpc) is 3.14. The van der Waals surface area contributed by atoms with Gasteiger partial charge in [-0.2, -0.15) is 15.2 Å². The third kappa shape index (κ3) is 4.63. The second-order valence-electron chi connectivity index (χ2n) is 10.9. The number of nitrogen functional groups attached to an aromatic ring is 1. The summed E-state index contributed by atoms with van der Waals surface area (Å²) >= 11 is 0. The molecule has 0 saturated carbocycles. The summed E-state index contributed by atoms with van der Waals surface area (Å²) in [5.74, 6) is 1.38. The van der Waals surface area contributed by atoms with Gasteiger partial charge in [-0.25, -0.2) is 0 Å². The first-order chi connectivity index (χ1) is 18.1. The molecule has 2 saturated heterocycles. The zero-order chi connectivity index (χ0) is 25.4. The predicted molar refractivity (Wildman–Crippen MR) is 139 cm³/mol. The van der Waals surface area contributed by atoms with Crippen molar-refractivity contribution in [3.05, 3.63) is 40.1 Å². The van der Waals surface area contributed by atoms with Crippen molar-refractivity contribution in [1.29, 1.82) is 5.26 Å². The lowest BCUT2D eigenvalue weighted by molar-refractivity contribution is -0.0856. The second-order valence-corrected chi connectivity index (χ2v) is 10.9. The first-order valence-corrected chi connectivity index (χ1v) is 13.6. The molecule has 2 aromatic rings. The van der Waals surface area contributed by atoms with Crippen LogP contribution in [0.15, 0.2) is 12.1 Å². The average molecular weight is 505 g/mol. The lowest BCUT2D eigenvalue weighted by atomic mass is 9.72. The molecule has 4 aliphatic rings. The van der Waals surface area contributed by atoms with Gasteiger partial charge in [0.15, 0.2) is 0 Å². The van der Waals surface area contributed by atoms with Gasteiger partial charge in [0.25, 0.3) is 0 Å². The van der Waals surface area contributed by atoms with Crippen molar-refractivity contribution in [3.8, 4) is 12.1 Å². The third-order valence-corrected chi connectivity index (χ3v) is 8.37. The molecule has 3 aliphatic heterocycles. The molecule has 0 bridgehead atoms. The summed E-state index contributed by atoms with van der Waals surface area (Å²) in [6, 6.07) is 6.71. The number of hydrogen-bond acceptors (Lipinski definition) is 9. The van der Waals surface area contributed by atoms with E-state index in [1.54, 1.807) is 0 Å². The van der Waals surface area contributed by atoms with Gasteiger partial charge in [-0.1, -0.05) is 6.07 Å². The Kier molecular flexibility index (Phi) is 6.65. The Bertz CT molecular complexity index is 1210. The highest BCUT2D eigenvalue weighted by molar-refractivity contribution is 5.63. The number of likely N-dealkylation sites (tertiary alicyclic amines) is 1. The number of nitriles is 1. The van der Waals surface area contributed by atoms with Crippen molar-refractivity contribution >= 4 is 11.5 Å². The van der Waals surface area contributed by atoms with Crippen molar-refractivity contribution < 1.29 is 14.2 Å². The highest BCUT2D eigenvalue weighted by atomic mass is 16.5. The Morgan fingerprint density at radius 2 is 2.14 bits per heavy atom. The van der Waals surface area contributed by atoms with Gasteiger partial charge >= 0.3 is 6.01 Å². The number of aryl methyl sites for hydroxylation is 1. The number of hydrogen-bond donors (Lipinski definition) is 1. The summed E-state index contributed by atoms with van der Waals surface area (Å²) in [5, 5.41) is 10.0. The van der Waals surface area contributed by atoms with Gasteiger partial charge < -0.3 is 29.7 Å². The van der Waals surface area contributed by atoms with Crippen LogP contribution in [0.5, 0.6) is 6.01 Å². The van der Waals surface area contributed by atoms with Gasteiger partial charge in [0.1, 0.15) is 17.5 Å². The van der Waals surface area contributed by atoms with E-state index in [1.807, 2.05) is 6.07 Å². The summed E-state index contributed by atoms with van der Waals surface area (Å²) in [6.45, 7) is 6.23. The minimum atomic E-state index is -0.611. The highest BCUT2D eigenvalue weighted by Gasteiger charge is 2.45. The number of aromatic nitrogens is 2. The fourth-order valence-corrected chi connectivity index (χ4v) is 6.48. The molecule has 1 aliphatic carbocycles. The molecule has 37 heavy (non-hydrogen) atoms. The molecule has 1 aromatic carbocycles. The highest BCUT2D eigenvalue weighted by Crippen LogP contribution is 2.48. The Morgan fingerprint density at radius 1 is 1.22 bits per heavy atom. The van der Waals surface area contributed by atoms with E-state index < -0.39 is 5.60 Å². The maximum absolute atomic E-state index is 10.0. The topological polar surface area (TPSA) is 110 Å². The molecule has 1 unspecified atom stereocenters. The minimum Gasteiger partial charge on any atom is -0.463 e. The van der Waals surface area contributed by atoms with Crippen LogP contribution in [0.4, 0.5) is 11.5 Å². The van der Waals surface area contributed by atoms with Crippen molar-refractivity contribution in [2.45, 2.75) is 50.7 Å². The van der Waals surface area contributed by atoms with Crippen molar-refractivity contribution in [3.63, 3.8) is 0 Å². The maximum Gasteiger partial charge on any atom is 0.318 e.